The lowest BCUT2D eigenvalue weighted by Gasteiger charge is -2.15. The van der Waals surface area contributed by atoms with Crippen molar-refractivity contribution in [1.82, 2.24) is 19.4 Å². The van der Waals surface area contributed by atoms with Gasteiger partial charge in [-0.15, -0.1) is 0 Å². The molecule has 1 aromatic carbocycles. The molecule has 0 atom stereocenters. The first kappa shape index (κ1) is 16.7. The van der Waals surface area contributed by atoms with Crippen molar-refractivity contribution in [3.63, 3.8) is 0 Å². The summed E-state index contributed by atoms with van der Waals surface area (Å²) in [5.41, 5.74) is 1.16. The van der Waals surface area contributed by atoms with Gasteiger partial charge in [0.05, 0.1) is 17.1 Å². The summed E-state index contributed by atoms with van der Waals surface area (Å²) in [4.78, 5) is 14.2. The van der Waals surface area contributed by atoms with E-state index in [1.54, 1.807) is 41.0 Å². The first-order valence-corrected chi connectivity index (χ1v) is 9.31. The second-order valence-electron chi connectivity index (χ2n) is 5.83. The number of carbonyl (C=O) groups is 1. The predicted octanol–water partition coefficient (Wildman–Crippen LogP) is 1.13. The Labute approximate surface area is 141 Å². The molecule has 1 fully saturated rings. The topological polar surface area (TPSA) is 84.3 Å². The maximum atomic E-state index is 12.3. The van der Waals surface area contributed by atoms with Crippen molar-refractivity contribution in [3.05, 3.63) is 47.8 Å². The van der Waals surface area contributed by atoms with E-state index in [0.717, 1.165) is 25.9 Å². The summed E-state index contributed by atoms with van der Waals surface area (Å²) < 4.78 is 28.7. The third kappa shape index (κ3) is 3.65. The van der Waals surface area contributed by atoms with Crippen molar-refractivity contribution in [2.24, 2.45) is 7.05 Å². The van der Waals surface area contributed by atoms with Crippen LogP contribution >= 0.6 is 0 Å². The Hall–Kier alpha value is -2.19. The smallest absolute Gasteiger partial charge is 0.253 e. The van der Waals surface area contributed by atoms with Gasteiger partial charge in [-0.2, -0.15) is 5.10 Å². The lowest BCUT2D eigenvalue weighted by molar-refractivity contribution is 0.0792. The van der Waals surface area contributed by atoms with Gasteiger partial charge < -0.3 is 4.90 Å². The minimum absolute atomic E-state index is 0.0436. The van der Waals surface area contributed by atoms with Crippen LogP contribution in [0.1, 0.15) is 28.9 Å². The molecule has 0 aliphatic carbocycles. The van der Waals surface area contributed by atoms with E-state index in [2.05, 4.69) is 9.82 Å². The largest absolute Gasteiger partial charge is 0.339 e. The standard InChI is InChI=1S/C16H20N4O3S/c1-19-11-8-14(18-19)12-17-24(22,23)15-6-4-13(5-7-15)16(21)20-9-2-3-10-20/h4-8,11,17H,2-3,9-10,12H2,1H3. The number of sulfonamides is 1. The van der Waals surface area contributed by atoms with Crippen molar-refractivity contribution < 1.29 is 13.2 Å². The number of aryl methyl sites for hydroxylation is 1. The van der Waals surface area contributed by atoms with Crippen LogP contribution in [0.3, 0.4) is 0 Å². The number of likely N-dealkylation sites (tertiary alicyclic amines) is 1. The Morgan fingerprint density at radius 3 is 2.42 bits per heavy atom. The molecule has 1 aliphatic heterocycles. The van der Waals surface area contributed by atoms with Gasteiger partial charge in [-0.3, -0.25) is 9.48 Å². The van der Waals surface area contributed by atoms with Gasteiger partial charge in [0.15, 0.2) is 0 Å². The van der Waals surface area contributed by atoms with Gasteiger partial charge in [-0.1, -0.05) is 0 Å². The van der Waals surface area contributed by atoms with Crippen LogP contribution in [0.25, 0.3) is 0 Å². The molecule has 0 unspecified atom stereocenters. The van der Waals surface area contributed by atoms with Crippen molar-refractivity contribution in [2.75, 3.05) is 13.1 Å². The van der Waals surface area contributed by atoms with E-state index in [-0.39, 0.29) is 17.3 Å². The molecule has 2 heterocycles. The zero-order valence-electron chi connectivity index (χ0n) is 13.5. The molecule has 1 amide bonds. The minimum atomic E-state index is -3.63. The number of nitrogens with one attached hydrogen (secondary N) is 1. The normalized spacial score (nSPS) is 15.0. The molecule has 1 N–H and O–H groups in total. The van der Waals surface area contributed by atoms with E-state index < -0.39 is 10.0 Å². The Morgan fingerprint density at radius 2 is 1.83 bits per heavy atom. The molecule has 1 saturated heterocycles. The van der Waals surface area contributed by atoms with E-state index in [1.807, 2.05) is 0 Å². The number of benzene rings is 1. The number of carbonyl (C=O) groups excluding carboxylic acids is 1. The van der Waals surface area contributed by atoms with Crippen LogP contribution in [0, 0.1) is 0 Å². The second-order valence-corrected chi connectivity index (χ2v) is 7.60. The highest BCUT2D eigenvalue weighted by Gasteiger charge is 2.20. The summed E-state index contributed by atoms with van der Waals surface area (Å²) in [5, 5.41) is 4.13. The number of aromatic nitrogens is 2. The summed E-state index contributed by atoms with van der Waals surface area (Å²) in [6, 6.07) is 7.81. The zero-order chi connectivity index (χ0) is 17.2. The summed E-state index contributed by atoms with van der Waals surface area (Å²) >= 11 is 0. The first-order valence-electron chi connectivity index (χ1n) is 7.83. The molecule has 7 nitrogen and oxygen atoms in total. The number of hydrogen-bond donors (Lipinski definition) is 1. The molecule has 1 aliphatic rings. The lowest BCUT2D eigenvalue weighted by atomic mass is 10.2. The second kappa shape index (κ2) is 6.74. The number of hydrogen-bond acceptors (Lipinski definition) is 4. The van der Waals surface area contributed by atoms with Crippen LogP contribution in [-0.2, 0) is 23.6 Å². The summed E-state index contributed by atoms with van der Waals surface area (Å²) in [6.45, 7) is 1.66. The quantitative estimate of drug-likeness (QED) is 0.878. The van der Waals surface area contributed by atoms with Crippen molar-refractivity contribution in [1.29, 1.82) is 0 Å². The number of rotatable bonds is 5. The van der Waals surface area contributed by atoms with Crippen molar-refractivity contribution in [3.8, 4) is 0 Å². The summed E-state index contributed by atoms with van der Waals surface area (Å²) in [6.07, 6.45) is 3.80. The highest BCUT2D eigenvalue weighted by atomic mass is 32.2. The van der Waals surface area contributed by atoms with Crippen LogP contribution in [-0.4, -0.2) is 42.1 Å². The Kier molecular flexibility index (Phi) is 4.68. The highest BCUT2D eigenvalue weighted by molar-refractivity contribution is 7.89. The number of amides is 1. The van der Waals surface area contributed by atoms with Crippen molar-refractivity contribution >= 4 is 15.9 Å². The molecule has 24 heavy (non-hydrogen) atoms. The Morgan fingerprint density at radius 1 is 1.17 bits per heavy atom. The van der Waals surface area contributed by atoms with Crippen LogP contribution in [0.4, 0.5) is 0 Å². The minimum Gasteiger partial charge on any atom is -0.339 e. The van der Waals surface area contributed by atoms with E-state index >= 15 is 0 Å². The maximum absolute atomic E-state index is 12.3. The molecule has 0 bridgehead atoms. The molecule has 1 aromatic heterocycles. The summed E-state index contributed by atoms with van der Waals surface area (Å²) in [5.74, 6) is -0.0436. The predicted molar refractivity (Wildman–Crippen MR) is 88.8 cm³/mol. The number of nitrogens with zero attached hydrogens (tertiary/aromatic N) is 3. The molecular formula is C16H20N4O3S. The third-order valence-corrected chi connectivity index (χ3v) is 5.43. The van der Waals surface area contributed by atoms with E-state index in [4.69, 9.17) is 0 Å². The van der Waals surface area contributed by atoms with Crippen LogP contribution in [0.2, 0.25) is 0 Å². The van der Waals surface area contributed by atoms with E-state index in [1.165, 1.54) is 12.1 Å². The molecule has 0 saturated carbocycles. The fourth-order valence-electron chi connectivity index (χ4n) is 2.69. The highest BCUT2D eigenvalue weighted by Crippen LogP contribution is 2.15. The van der Waals surface area contributed by atoms with Gasteiger partial charge in [0.1, 0.15) is 0 Å². The van der Waals surface area contributed by atoms with Gasteiger partial charge in [0, 0.05) is 31.9 Å². The van der Waals surface area contributed by atoms with Crippen LogP contribution in [0.5, 0.6) is 0 Å². The van der Waals surface area contributed by atoms with Gasteiger partial charge in [-0.25, -0.2) is 13.1 Å². The fraction of sp³-hybridized carbons (Fsp3) is 0.375. The van der Waals surface area contributed by atoms with E-state index in [0.29, 0.717) is 11.3 Å². The average Bonchev–Trinajstić information content (AvgIpc) is 3.24. The van der Waals surface area contributed by atoms with Crippen molar-refractivity contribution in [2.45, 2.75) is 24.3 Å². The molecule has 0 spiro atoms. The van der Waals surface area contributed by atoms with Gasteiger partial charge >= 0.3 is 0 Å². The van der Waals surface area contributed by atoms with Gasteiger partial charge in [0.25, 0.3) is 5.91 Å². The van der Waals surface area contributed by atoms with Gasteiger partial charge in [0.2, 0.25) is 10.0 Å². The molecule has 3 rings (SSSR count). The average molecular weight is 348 g/mol. The monoisotopic (exact) mass is 348 g/mol. The zero-order valence-corrected chi connectivity index (χ0v) is 14.3. The molecule has 8 heteroatoms. The molecule has 2 aromatic rings. The van der Waals surface area contributed by atoms with E-state index in [9.17, 15) is 13.2 Å². The lowest BCUT2D eigenvalue weighted by Crippen LogP contribution is -2.27. The molecule has 128 valence electrons. The third-order valence-electron chi connectivity index (χ3n) is 4.02. The fourth-order valence-corrected chi connectivity index (χ4v) is 3.69. The molecule has 0 radical (unpaired) electrons. The SMILES string of the molecule is Cn1ccc(CNS(=O)(=O)c2ccc(C(=O)N3CCCC3)cc2)n1. The Bertz CT molecular complexity index is 821. The maximum Gasteiger partial charge on any atom is 0.253 e. The first-order chi connectivity index (χ1) is 11.5. The summed E-state index contributed by atoms with van der Waals surface area (Å²) in [7, 11) is -1.86. The van der Waals surface area contributed by atoms with Gasteiger partial charge in [-0.05, 0) is 43.2 Å². The van der Waals surface area contributed by atoms with Crippen LogP contribution < -0.4 is 4.72 Å². The van der Waals surface area contributed by atoms with Crippen LogP contribution in [0.15, 0.2) is 41.4 Å². The Balaban J connectivity index is 1.68. The molecular weight excluding hydrogens is 328 g/mol.